The monoisotopic (exact) mass is 767 g/mol. The Morgan fingerprint density at radius 2 is 1.65 bits per heavy atom. The first-order valence-electron chi connectivity index (χ1n) is 18.0. The molecular weight excluding hydrogens is 725 g/mol. The van der Waals surface area contributed by atoms with E-state index >= 15 is 4.79 Å². The van der Waals surface area contributed by atoms with Crippen LogP contribution < -0.4 is 9.64 Å². The maximum atomic E-state index is 15.3. The van der Waals surface area contributed by atoms with Crippen molar-refractivity contribution in [2.75, 3.05) is 31.8 Å². The van der Waals surface area contributed by atoms with E-state index in [0.29, 0.717) is 61.1 Å². The number of methoxy groups -OCH3 is 1. The Morgan fingerprint density at radius 3 is 2.31 bits per heavy atom. The van der Waals surface area contributed by atoms with Gasteiger partial charge in [-0.25, -0.2) is 14.8 Å². The van der Waals surface area contributed by atoms with Crippen LogP contribution in [0.15, 0.2) is 48.8 Å². The number of carbonyl (C=O) groups excluding carboxylic acids is 1. The molecule has 12 heteroatoms. The van der Waals surface area contributed by atoms with Crippen molar-refractivity contribution in [3.63, 3.8) is 0 Å². The molecule has 1 atom stereocenters. The number of carboxylic acids is 1. The summed E-state index contributed by atoms with van der Waals surface area (Å²) in [5.74, 6) is -0.469. The summed E-state index contributed by atoms with van der Waals surface area (Å²) in [6.07, 6.45) is 2.74. The molecule has 0 saturated carbocycles. The quantitative estimate of drug-likeness (QED) is 0.131. The van der Waals surface area contributed by atoms with Gasteiger partial charge in [0.1, 0.15) is 23.5 Å². The molecule has 10 nitrogen and oxygen atoms in total. The third-order valence-corrected chi connectivity index (χ3v) is 11.3. The van der Waals surface area contributed by atoms with Crippen LogP contribution in [0, 0.1) is 34.6 Å². The minimum Gasteiger partial charge on any atom is -0.494 e. The van der Waals surface area contributed by atoms with Crippen molar-refractivity contribution in [3.05, 3.63) is 104 Å². The lowest BCUT2D eigenvalue weighted by Gasteiger charge is -2.35. The number of aromatic nitrogens is 4. The van der Waals surface area contributed by atoms with Crippen LogP contribution in [0.5, 0.6) is 5.75 Å². The predicted molar refractivity (Wildman–Crippen MR) is 214 cm³/mol. The molecule has 3 aromatic heterocycles. The molecule has 1 N–H and O–H groups in total. The summed E-state index contributed by atoms with van der Waals surface area (Å²) in [5, 5.41) is 13.1. The third kappa shape index (κ3) is 6.40. The molecule has 0 radical (unpaired) electrons. The molecule has 0 aliphatic carbocycles. The maximum absolute atomic E-state index is 15.3. The van der Waals surface area contributed by atoms with E-state index in [0.717, 1.165) is 71.8 Å². The standard InChI is InChI=1S/C42H43Cl2N5O5/c1-22-15-28-19-34(42(51)52)47(12-14-53-7)38(28)33(16-22)48-20-25(4)49-39-31(10-11-32(43)36(39)35-26(5)45-21-46-27(35)6)30(40(49)41(48)50)9-8-13-54-29-17-23(2)37(44)24(3)18-29/h10-11,15-19,21,25H,8-9,12-14,20H2,1-7H3,(H,51,52)/t25-/m1/s1. The molecule has 1 aliphatic heterocycles. The minimum atomic E-state index is -1.04. The lowest BCUT2D eigenvalue weighted by molar-refractivity contribution is 0.0683. The van der Waals surface area contributed by atoms with E-state index in [-0.39, 0.29) is 17.6 Å². The fourth-order valence-corrected chi connectivity index (χ4v) is 8.45. The van der Waals surface area contributed by atoms with Gasteiger partial charge in [0.25, 0.3) is 5.91 Å². The number of carbonyl (C=O) groups is 2. The van der Waals surface area contributed by atoms with E-state index in [4.69, 9.17) is 32.7 Å². The molecule has 0 unspecified atom stereocenters. The zero-order chi connectivity index (χ0) is 38.6. The molecule has 6 aromatic rings. The highest BCUT2D eigenvalue weighted by Gasteiger charge is 2.38. The topological polar surface area (TPSA) is 112 Å². The van der Waals surface area contributed by atoms with Gasteiger partial charge in [0, 0.05) is 64.6 Å². The number of fused-ring (bicyclic) bond motifs is 4. The number of ether oxygens (including phenoxy) is 2. The van der Waals surface area contributed by atoms with Gasteiger partial charge in [-0.05, 0) is 113 Å². The van der Waals surface area contributed by atoms with Crippen molar-refractivity contribution in [2.45, 2.75) is 67.0 Å². The van der Waals surface area contributed by atoms with E-state index in [1.54, 1.807) is 24.1 Å². The van der Waals surface area contributed by atoms with E-state index in [1.807, 2.05) is 75.9 Å². The number of amides is 1. The number of carboxylic acid groups (broad SMARTS) is 1. The van der Waals surface area contributed by atoms with Gasteiger partial charge < -0.3 is 28.6 Å². The molecule has 0 bridgehead atoms. The van der Waals surface area contributed by atoms with Crippen LogP contribution in [0.4, 0.5) is 5.69 Å². The van der Waals surface area contributed by atoms with E-state index in [9.17, 15) is 9.90 Å². The first-order valence-corrected chi connectivity index (χ1v) is 18.8. The van der Waals surface area contributed by atoms with Crippen molar-refractivity contribution in [2.24, 2.45) is 0 Å². The first kappa shape index (κ1) is 37.4. The summed E-state index contributed by atoms with van der Waals surface area (Å²) >= 11 is 13.5. The van der Waals surface area contributed by atoms with E-state index in [2.05, 4.69) is 21.5 Å². The summed E-state index contributed by atoms with van der Waals surface area (Å²) in [6.45, 7) is 13.3. The number of hydrogen-bond donors (Lipinski definition) is 1. The van der Waals surface area contributed by atoms with Gasteiger partial charge in [-0.1, -0.05) is 29.3 Å². The molecule has 7 rings (SSSR count). The van der Waals surface area contributed by atoms with Crippen molar-refractivity contribution in [3.8, 4) is 16.9 Å². The lowest BCUT2D eigenvalue weighted by atomic mass is 9.97. The summed E-state index contributed by atoms with van der Waals surface area (Å²) in [5.41, 5.74) is 9.86. The molecule has 280 valence electrons. The van der Waals surface area contributed by atoms with Gasteiger partial charge in [0.2, 0.25) is 0 Å². The SMILES string of the molecule is COCCn1c(C(=O)O)cc2cc(C)cc(N3C[C@@H](C)n4c(c(CCCOc5cc(C)c(Cl)c(C)c5)c5ccc(Cl)c(-c6c(C)ncnc6C)c54)C3=O)c21. The van der Waals surface area contributed by atoms with Gasteiger partial charge in [0.05, 0.1) is 35.0 Å². The van der Waals surface area contributed by atoms with Crippen LogP contribution in [0.3, 0.4) is 0 Å². The highest BCUT2D eigenvalue weighted by molar-refractivity contribution is 6.35. The molecule has 1 amide bonds. The number of halogens is 2. The predicted octanol–water partition coefficient (Wildman–Crippen LogP) is 9.48. The number of benzene rings is 3. The highest BCUT2D eigenvalue weighted by Crippen LogP contribution is 2.45. The maximum Gasteiger partial charge on any atom is 0.352 e. The van der Waals surface area contributed by atoms with Crippen LogP contribution in [0.1, 0.15) is 74.0 Å². The average molecular weight is 769 g/mol. The third-order valence-electron chi connectivity index (χ3n) is 10.4. The Bertz CT molecular complexity index is 2440. The molecule has 3 aromatic carbocycles. The second-order valence-electron chi connectivity index (χ2n) is 14.2. The largest absolute Gasteiger partial charge is 0.494 e. The van der Waals surface area contributed by atoms with Gasteiger partial charge >= 0.3 is 5.97 Å². The van der Waals surface area contributed by atoms with Crippen LogP contribution >= 0.6 is 23.2 Å². The van der Waals surface area contributed by atoms with Crippen LogP contribution in [-0.4, -0.2) is 63.0 Å². The van der Waals surface area contributed by atoms with Crippen LogP contribution in [0.2, 0.25) is 10.0 Å². The lowest BCUT2D eigenvalue weighted by Crippen LogP contribution is -2.43. The number of aromatic carboxylic acids is 1. The Hall–Kier alpha value is -4.90. The fraction of sp³-hybridized carbons (Fsp3) is 0.333. The Kier molecular flexibility index (Phi) is 10.2. The van der Waals surface area contributed by atoms with Crippen molar-refractivity contribution < 1.29 is 24.2 Å². The highest BCUT2D eigenvalue weighted by atomic mass is 35.5. The van der Waals surface area contributed by atoms with Gasteiger partial charge in [-0.2, -0.15) is 0 Å². The molecule has 4 heterocycles. The number of nitrogens with zero attached hydrogens (tertiary/aromatic N) is 5. The van der Waals surface area contributed by atoms with Gasteiger partial charge in [-0.3, -0.25) is 4.79 Å². The summed E-state index contributed by atoms with van der Waals surface area (Å²) in [6, 6.07) is 13.2. The fourth-order valence-electron chi connectivity index (χ4n) is 8.09. The van der Waals surface area contributed by atoms with Gasteiger partial charge in [-0.15, -0.1) is 0 Å². The van der Waals surface area contributed by atoms with Crippen molar-refractivity contribution >= 4 is 62.6 Å². The first-order chi connectivity index (χ1) is 25.8. The van der Waals surface area contributed by atoms with E-state index < -0.39 is 5.97 Å². The Morgan fingerprint density at radius 1 is 0.944 bits per heavy atom. The number of anilines is 1. The molecule has 0 fully saturated rings. The molecule has 1 aliphatic rings. The summed E-state index contributed by atoms with van der Waals surface area (Å²) in [4.78, 5) is 38.6. The smallest absolute Gasteiger partial charge is 0.352 e. The van der Waals surface area contributed by atoms with Crippen LogP contribution in [-0.2, 0) is 17.7 Å². The second-order valence-corrected chi connectivity index (χ2v) is 15.0. The van der Waals surface area contributed by atoms with E-state index in [1.165, 1.54) is 0 Å². The zero-order valence-electron chi connectivity index (χ0n) is 31.5. The average Bonchev–Trinajstić information content (AvgIpc) is 3.66. The van der Waals surface area contributed by atoms with Crippen molar-refractivity contribution in [1.82, 2.24) is 19.1 Å². The summed E-state index contributed by atoms with van der Waals surface area (Å²) < 4.78 is 15.5. The van der Waals surface area contributed by atoms with Crippen LogP contribution in [0.25, 0.3) is 32.9 Å². The minimum absolute atomic E-state index is 0.141. The van der Waals surface area contributed by atoms with Crippen molar-refractivity contribution in [1.29, 1.82) is 0 Å². The zero-order valence-corrected chi connectivity index (χ0v) is 33.0. The number of hydrogen-bond acceptors (Lipinski definition) is 6. The number of aryl methyl sites for hydroxylation is 6. The Balaban J connectivity index is 1.40. The molecule has 0 saturated heterocycles. The number of rotatable bonds is 11. The second kappa shape index (κ2) is 14.7. The normalized spacial score (nSPS) is 14.4. The Labute approximate surface area is 324 Å². The summed E-state index contributed by atoms with van der Waals surface area (Å²) in [7, 11) is 1.58. The molecule has 0 spiro atoms. The van der Waals surface area contributed by atoms with Gasteiger partial charge in [0.15, 0.2) is 0 Å². The molecule has 54 heavy (non-hydrogen) atoms. The molecular formula is C42H43Cl2N5O5.